The van der Waals surface area contributed by atoms with Crippen LogP contribution in [0, 0.1) is 5.41 Å². The molecule has 1 aliphatic carbocycles. The van der Waals surface area contributed by atoms with Crippen molar-refractivity contribution in [1.29, 1.82) is 0 Å². The smallest absolute Gasteiger partial charge is 0.240 e. The number of carbonyl (C=O) groups excluding carboxylic acids is 2. The van der Waals surface area contributed by atoms with Crippen molar-refractivity contribution in [2.45, 2.75) is 39.2 Å². The Hall–Kier alpha value is -3.02. The van der Waals surface area contributed by atoms with E-state index in [-0.39, 0.29) is 18.6 Å². The third-order valence-electron chi connectivity index (χ3n) is 5.34. The van der Waals surface area contributed by atoms with Gasteiger partial charge in [0, 0.05) is 12.2 Å². The normalized spacial score (nSPS) is 16.0. The average Bonchev–Trinajstić information content (AvgIpc) is 3.38. The molecule has 0 bridgehead atoms. The van der Waals surface area contributed by atoms with Gasteiger partial charge in [-0.25, -0.2) is 0 Å². The monoisotopic (exact) mass is 380 g/mol. The predicted molar refractivity (Wildman–Crippen MR) is 105 cm³/mol. The van der Waals surface area contributed by atoms with E-state index in [0.717, 1.165) is 5.56 Å². The Balaban J connectivity index is 1.36. The Kier molecular flexibility index (Phi) is 4.71. The van der Waals surface area contributed by atoms with Crippen molar-refractivity contribution in [3.63, 3.8) is 0 Å². The number of carbonyl (C=O) groups is 2. The first kappa shape index (κ1) is 18.3. The number of amides is 2. The number of benzene rings is 2. The van der Waals surface area contributed by atoms with E-state index in [1.54, 1.807) is 0 Å². The van der Waals surface area contributed by atoms with E-state index in [4.69, 9.17) is 9.47 Å². The van der Waals surface area contributed by atoms with Gasteiger partial charge in [-0.15, -0.1) is 0 Å². The number of rotatable bonds is 6. The summed E-state index contributed by atoms with van der Waals surface area (Å²) in [5.74, 6) is 1.34. The maximum absolute atomic E-state index is 12.7. The molecule has 1 aliphatic heterocycles. The first-order valence-electron chi connectivity index (χ1n) is 9.56. The molecule has 1 saturated carbocycles. The Bertz CT molecular complexity index is 901. The molecule has 146 valence electrons. The van der Waals surface area contributed by atoms with Crippen molar-refractivity contribution < 1.29 is 19.1 Å². The molecule has 2 aromatic carbocycles. The van der Waals surface area contributed by atoms with Crippen LogP contribution in [0.3, 0.4) is 0 Å². The van der Waals surface area contributed by atoms with Gasteiger partial charge in [0.25, 0.3) is 0 Å². The topological polar surface area (TPSA) is 76.7 Å². The Morgan fingerprint density at radius 3 is 2.39 bits per heavy atom. The number of hydrogen-bond donors (Lipinski definition) is 2. The van der Waals surface area contributed by atoms with Gasteiger partial charge in [0.2, 0.25) is 18.6 Å². The molecular weight excluding hydrogens is 356 g/mol. The van der Waals surface area contributed by atoms with Crippen LogP contribution in [0.15, 0.2) is 42.5 Å². The molecule has 4 rings (SSSR count). The summed E-state index contributed by atoms with van der Waals surface area (Å²) in [6, 6.07) is 13.3. The third-order valence-corrected chi connectivity index (χ3v) is 5.34. The SMILES string of the molecule is CC(C)c1ccc(NC(=O)C2(C(=O)NCc3ccc4c(c3)OCO4)CC2)cc1. The molecule has 6 heteroatoms. The summed E-state index contributed by atoms with van der Waals surface area (Å²) in [4.78, 5) is 25.4. The number of hydrogen-bond acceptors (Lipinski definition) is 4. The highest BCUT2D eigenvalue weighted by molar-refractivity contribution is 6.13. The minimum Gasteiger partial charge on any atom is -0.454 e. The van der Waals surface area contributed by atoms with Gasteiger partial charge in [0.05, 0.1) is 0 Å². The van der Waals surface area contributed by atoms with Gasteiger partial charge >= 0.3 is 0 Å². The van der Waals surface area contributed by atoms with Gasteiger partial charge in [0.1, 0.15) is 5.41 Å². The average molecular weight is 380 g/mol. The molecule has 1 fully saturated rings. The lowest BCUT2D eigenvalue weighted by atomic mass is 10.0. The standard InChI is InChI=1S/C22H24N2O4/c1-14(2)16-4-6-17(7-5-16)24-21(26)22(9-10-22)20(25)23-12-15-3-8-18-19(11-15)28-13-27-18/h3-8,11,14H,9-10,12-13H2,1-2H3,(H,23,25)(H,24,26). The lowest BCUT2D eigenvalue weighted by molar-refractivity contribution is -0.134. The highest BCUT2D eigenvalue weighted by Gasteiger charge is 2.56. The zero-order valence-electron chi connectivity index (χ0n) is 16.1. The van der Waals surface area contributed by atoms with Crippen LogP contribution < -0.4 is 20.1 Å². The van der Waals surface area contributed by atoms with Gasteiger partial charge < -0.3 is 20.1 Å². The van der Waals surface area contributed by atoms with Gasteiger partial charge in [-0.3, -0.25) is 9.59 Å². The van der Waals surface area contributed by atoms with E-state index in [0.29, 0.717) is 42.5 Å². The molecule has 2 N–H and O–H groups in total. The minimum atomic E-state index is -0.965. The van der Waals surface area contributed by atoms with Crippen molar-refractivity contribution in [3.8, 4) is 11.5 Å². The van der Waals surface area contributed by atoms with Gasteiger partial charge in [0.15, 0.2) is 11.5 Å². The molecular formula is C22H24N2O4. The van der Waals surface area contributed by atoms with Crippen molar-refractivity contribution in [1.82, 2.24) is 5.32 Å². The predicted octanol–water partition coefficient (Wildman–Crippen LogP) is 3.57. The first-order chi connectivity index (χ1) is 13.5. The van der Waals surface area contributed by atoms with Crippen molar-refractivity contribution in [2.75, 3.05) is 12.1 Å². The molecule has 0 unspecified atom stereocenters. The molecule has 6 nitrogen and oxygen atoms in total. The number of anilines is 1. The van der Waals surface area contributed by atoms with Crippen molar-refractivity contribution in [2.24, 2.45) is 5.41 Å². The maximum Gasteiger partial charge on any atom is 0.240 e. The summed E-state index contributed by atoms with van der Waals surface area (Å²) in [6.45, 7) is 4.80. The Labute approximate surface area is 164 Å². The van der Waals surface area contributed by atoms with Gasteiger partial charge in [-0.1, -0.05) is 32.0 Å². The third kappa shape index (κ3) is 3.54. The molecule has 0 spiro atoms. The summed E-state index contributed by atoms with van der Waals surface area (Å²) in [5, 5.41) is 5.78. The summed E-state index contributed by atoms with van der Waals surface area (Å²) >= 11 is 0. The van der Waals surface area contributed by atoms with Crippen LogP contribution in [0.5, 0.6) is 11.5 Å². The van der Waals surface area contributed by atoms with E-state index in [2.05, 4.69) is 24.5 Å². The summed E-state index contributed by atoms with van der Waals surface area (Å²) in [7, 11) is 0. The van der Waals surface area contributed by atoms with Crippen LogP contribution in [0.2, 0.25) is 0 Å². The number of fused-ring (bicyclic) bond motifs is 1. The highest BCUT2D eigenvalue weighted by atomic mass is 16.7. The number of ether oxygens (including phenoxy) is 2. The summed E-state index contributed by atoms with van der Waals surface area (Å²) in [5.41, 5.74) is 1.86. The van der Waals surface area contributed by atoms with E-state index < -0.39 is 5.41 Å². The van der Waals surface area contributed by atoms with Crippen LogP contribution >= 0.6 is 0 Å². The van der Waals surface area contributed by atoms with E-state index >= 15 is 0 Å². The van der Waals surface area contributed by atoms with E-state index in [9.17, 15) is 9.59 Å². The maximum atomic E-state index is 12.7. The fraction of sp³-hybridized carbons (Fsp3) is 0.364. The Morgan fingerprint density at radius 2 is 1.71 bits per heavy atom. The second-order valence-corrected chi connectivity index (χ2v) is 7.68. The zero-order valence-corrected chi connectivity index (χ0v) is 16.1. The largest absolute Gasteiger partial charge is 0.454 e. The molecule has 0 saturated heterocycles. The summed E-state index contributed by atoms with van der Waals surface area (Å²) in [6.07, 6.45) is 1.13. The minimum absolute atomic E-state index is 0.215. The summed E-state index contributed by atoms with van der Waals surface area (Å²) < 4.78 is 10.6. The van der Waals surface area contributed by atoms with Crippen LogP contribution in [0.1, 0.15) is 43.7 Å². The second kappa shape index (κ2) is 7.19. The van der Waals surface area contributed by atoms with E-state index in [1.165, 1.54) is 5.56 Å². The Morgan fingerprint density at radius 1 is 1.00 bits per heavy atom. The molecule has 2 aromatic rings. The van der Waals surface area contributed by atoms with Gasteiger partial charge in [-0.2, -0.15) is 0 Å². The van der Waals surface area contributed by atoms with Crippen molar-refractivity contribution in [3.05, 3.63) is 53.6 Å². The van der Waals surface area contributed by atoms with Crippen LogP contribution in [0.4, 0.5) is 5.69 Å². The van der Waals surface area contributed by atoms with Crippen LogP contribution in [-0.2, 0) is 16.1 Å². The lowest BCUT2D eigenvalue weighted by Crippen LogP contribution is -2.39. The fourth-order valence-corrected chi connectivity index (χ4v) is 3.29. The number of nitrogens with one attached hydrogen (secondary N) is 2. The van der Waals surface area contributed by atoms with Crippen LogP contribution in [0.25, 0.3) is 0 Å². The molecule has 0 radical (unpaired) electrons. The van der Waals surface area contributed by atoms with E-state index in [1.807, 2.05) is 42.5 Å². The first-order valence-corrected chi connectivity index (χ1v) is 9.56. The van der Waals surface area contributed by atoms with Crippen molar-refractivity contribution >= 4 is 17.5 Å². The quantitative estimate of drug-likeness (QED) is 0.751. The molecule has 2 aliphatic rings. The molecule has 0 aromatic heterocycles. The fourth-order valence-electron chi connectivity index (χ4n) is 3.29. The zero-order chi connectivity index (χ0) is 19.7. The molecule has 28 heavy (non-hydrogen) atoms. The molecule has 1 heterocycles. The van der Waals surface area contributed by atoms with Crippen LogP contribution in [-0.4, -0.2) is 18.6 Å². The molecule has 0 atom stereocenters. The van der Waals surface area contributed by atoms with Gasteiger partial charge in [-0.05, 0) is 54.2 Å². The molecule has 2 amide bonds. The lowest BCUT2D eigenvalue weighted by Gasteiger charge is -2.16. The second-order valence-electron chi connectivity index (χ2n) is 7.68. The highest BCUT2D eigenvalue weighted by Crippen LogP contribution is 2.47.